The molecule has 1 spiro atoms. The van der Waals surface area contributed by atoms with Gasteiger partial charge >= 0.3 is 0 Å². The minimum atomic E-state index is -1.29. The smallest absolute Gasteiger partial charge is 0.238 e. The van der Waals surface area contributed by atoms with E-state index in [4.69, 9.17) is 0 Å². The van der Waals surface area contributed by atoms with Crippen molar-refractivity contribution in [3.8, 4) is 0 Å². The molecule has 0 saturated carbocycles. The lowest BCUT2D eigenvalue weighted by atomic mass is 9.64. The van der Waals surface area contributed by atoms with Crippen molar-refractivity contribution < 1.29 is 14.4 Å². The van der Waals surface area contributed by atoms with Crippen molar-refractivity contribution in [1.82, 2.24) is 0 Å². The summed E-state index contributed by atoms with van der Waals surface area (Å²) in [6.45, 7) is 0. The molecule has 5 heteroatoms. The number of fused-ring (bicyclic) bond motifs is 6. The zero-order valence-electron chi connectivity index (χ0n) is 20.5. The van der Waals surface area contributed by atoms with Gasteiger partial charge < -0.3 is 10.2 Å². The van der Waals surface area contributed by atoms with Crippen LogP contribution in [0, 0.1) is 5.92 Å². The van der Waals surface area contributed by atoms with Crippen LogP contribution in [0.25, 0.3) is 6.08 Å². The number of rotatable bonds is 4. The summed E-state index contributed by atoms with van der Waals surface area (Å²) in [6, 6.07) is 32.1. The van der Waals surface area contributed by atoms with Crippen LogP contribution >= 0.6 is 0 Å². The number of amides is 1. The highest BCUT2D eigenvalue weighted by Crippen LogP contribution is 2.58. The van der Waals surface area contributed by atoms with Crippen molar-refractivity contribution in [2.75, 3.05) is 10.2 Å². The first-order valence-electron chi connectivity index (χ1n) is 12.8. The van der Waals surface area contributed by atoms with Crippen LogP contribution in [0.2, 0.25) is 0 Å². The third-order valence-electron chi connectivity index (χ3n) is 8.21. The van der Waals surface area contributed by atoms with E-state index >= 15 is 0 Å². The van der Waals surface area contributed by atoms with Gasteiger partial charge in [-0.1, -0.05) is 109 Å². The molecule has 0 bridgehead atoms. The first kappa shape index (κ1) is 22.4. The van der Waals surface area contributed by atoms with Crippen molar-refractivity contribution in [2.45, 2.75) is 17.5 Å². The molecule has 3 aliphatic heterocycles. The number of Topliss-reactive ketones (excluding diaryl/α,β-unsaturated/α-hetero) is 2. The number of para-hydroxylation sites is 2. The zero-order valence-corrected chi connectivity index (χ0v) is 20.5. The minimum Gasteiger partial charge on any atom is -0.352 e. The van der Waals surface area contributed by atoms with Gasteiger partial charge in [-0.15, -0.1) is 0 Å². The molecule has 1 amide bonds. The predicted molar refractivity (Wildman–Crippen MR) is 147 cm³/mol. The molecular weight excluding hydrogens is 472 g/mol. The standard InChI is InChI=1S/C33H24N2O3/c36-30(22-12-3-1-4-13-22)28-29(31(37)23-14-5-2-6-15-23)35-26-18-10-7-11-21(26)19-20-27(35)33(28)24-16-8-9-17-25(24)34-32(33)38/h1-20,27-29H,(H,34,38). The maximum atomic E-state index is 14.6. The number of hydrogen-bond acceptors (Lipinski definition) is 4. The normalized spacial score (nSPS) is 24.5. The molecule has 3 heterocycles. The van der Waals surface area contributed by atoms with Crippen LogP contribution < -0.4 is 10.2 Å². The highest BCUT2D eigenvalue weighted by atomic mass is 16.2. The topological polar surface area (TPSA) is 66.5 Å². The minimum absolute atomic E-state index is 0.177. The van der Waals surface area contributed by atoms with Crippen LogP contribution in [-0.2, 0) is 10.2 Å². The van der Waals surface area contributed by atoms with Gasteiger partial charge in [-0.05, 0) is 23.3 Å². The molecule has 4 aromatic carbocycles. The SMILES string of the molecule is O=C(c1ccccc1)C1C(C(=O)c2ccccc2)C2(C(=O)Nc3ccccc32)C2C=Cc3ccccc3N12. The van der Waals surface area contributed by atoms with E-state index in [1.165, 1.54) is 0 Å². The molecule has 4 atom stereocenters. The van der Waals surface area contributed by atoms with Crippen molar-refractivity contribution in [1.29, 1.82) is 0 Å². The molecule has 3 aliphatic rings. The van der Waals surface area contributed by atoms with Crippen molar-refractivity contribution >= 4 is 34.9 Å². The molecular formula is C33H24N2O3. The van der Waals surface area contributed by atoms with E-state index < -0.39 is 23.4 Å². The van der Waals surface area contributed by atoms with Gasteiger partial charge in [0.05, 0.1) is 12.0 Å². The Morgan fingerprint density at radius 3 is 2.05 bits per heavy atom. The first-order valence-corrected chi connectivity index (χ1v) is 12.8. The molecule has 7 rings (SSSR count). The average molecular weight is 497 g/mol. The first-order chi connectivity index (χ1) is 18.6. The van der Waals surface area contributed by atoms with Gasteiger partial charge in [0, 0.05) is 22.5 Å². The van der Waals surface area contributed by atoms with Gasteiger partial charge in [-0.3, -0.25) is 14.4 Å². The molecule has 0 aliphatic carbocycles. The predicted octanol–water partition coefficient (Wildman–Crippen LogP) is 5.54. The highest BCUT2D eigenvalue weighted by Gasteiger charge is 2.70. The molecule has 4 aromatic rings. The fraction of sp³-hybridized carbons (Fsp3) is 0.121. The van der Waals surface area contributed by atoms with Crippen molar-refractivity contribution in [3.63, 3.8) is 0 Å². The van der Waals surface area contributed by atoms with Crippen molar-refractivity contribution in [2.24, 2.45) is 5.92 Å². The third-order valence-corrected chi connectivity index (χ3v) is 8.21. The Kier molecular flexibility index (Phi) is 4.95. The Hall–Kier alpha value is -4.77. The van der Waals surface area contributed by atoms with E-state index in [1.54, 1.807) is 24.3 Å². The molecule has 1 N–H and O–H groups in total. The fourth-order valence-electron chi connectivity index (χ4n) is 6.67. The Labute approximate surface area is 220 Å². The van der Waals surface area contributed by atoms with Gasteiger partial charge in [0.1, 0.15) is 11.5 Å². The number of benzene rings is 4. The number of anilines is 2. The Morgan fingerprint density at radius 1 is 0.711 bits per heavy atom. The third kappa shape index (κ3) is 2.96. The average Bonchev–Trinajstić information content (AvgIpc) is 3.45. The molecule has 4 unspecified atom stereocenters. The summed E-state index contributed by atoms with van der Waals surface area (Å²) in [5, 5.41) is 3.06. The molecule has 38 heavy (non-hydrogen) atoms. The van der Waals surface area contributed by atoms with E-state index in [2.05, 4.69) is 5.32 Å². The molecule has 1 fully saturated rings. The van der Waals surface area contributed by atoms with Gasteiger partial charge in [0.15, 0.2) is 11.6 Å². The maximum Gasteiger partial charge on any atom is 0.238 e. The lowest BCUT2D eigenvalue weighted by Gasteiger charge is -2.37. The zero-order chi connectivity index (χ0) is 25.9. The number of carbonyl (C=O) groups excluding carboxylic acids is 3. The molecule has 1 saturated heterocycles. The number of nitrogens with one attached hydrogen (secondary N) is 1. The quantitative estimate of drug-likeness (QED) is 0.377. The van der Waals surface area contributed by atoms with Crippen LogP contribution in [0.3, 0.4) is 0 Å². The second kappa shape index (κ2) is 8.38. The summed E-state index contributed by atoms with van der Waals surface area (Å²) < 4.78 is 0. The fourth-order valence-corrected chi connectivity index (χ4v) is 6.67. The molecule has 184 valence electrons. The lowest BCUT2D eigenvalue weighted by molar-refractivity contribution is -0.121. The number of carbonyl (C=O) groups is 3. The Balaban J connectivity index is 1.55. The number of ketones is 2. The summed E-state index contributed by atoms with van der Waals surface area (Å²) in [5.41, 5.74) is 2.93. The van der Waals surface area contributed by atoms with Crippen LogP contribution in [0.5, 0.6) is 0 Å². The van der Waals surface area contributed by atoms with Crippen LogP contribution in [0.15, 0.2) is 115 Å². The van der Waals surface area contributed by atoms with Crippen LogP contribution in [0.4, 0.5) is 11.4 Å². The monoisotopic (exact) mass is 496 g/mol. The summed E-state index contributed by atoms with van der Waals surface area (Å²) in [4.78, 5) is 45.3. The second-order valence-electron chi connectivity index (χ2n) is 10.0. The van der Waals surface area contributed by atoms with E-state index in [-0.39, 0.29) is 17.5 Å². The summed E-state index contributed by atoms with van der Waals surface area (Å²) in [7, 11) is 0. The molecule has 5 nitrogen and oxygen atoms in total. The van der Waals surface area contributed by atoms with Gasteiger partial charge in [-0.2, -0.15) is 0 Å². The van der Waals surface area contributed by atoms with E-state index in [0.717, 1.165) is 16.8 Å². The molecule has 0 aromatic heterocycles. The largest absolute Gasteiger partial charge is 0.352 e. The summed E-state index contributed by atoms with van der Waals surface area (Å²) in [6.07, 6.45) is 4.00. The Bertz CT molecular complexity index is 1630. The van der Waals surface area contributed by atoms with E-state index in [1.807, 2.05) is 102 Å². The Morgan fingerprint density at radius 2 is 1.32 bits per heavy atom. The maximum absolute atomic E-state index is 14.6. The number of hydrogen-bond donors (Lipinski definition) is 1. The highest BCUT2D eigenvalue weighted by molar-refractivity contribution is 6.18. The second-order valence-corrected chi connectivity index (χ2v) is 10.0. The van der Waals surface area contributed by atoms with Crippen molar-refractivity contribution in [3.05, 3.63) is 138 Å². The number of nitrogens with zero attached hydrogens (tertiary/aromatic N) is 1. The summed E-state index contributed by atoms with van der Waals surface area (Å²) >= 11 is 0. The summed E-state index contributed by atoms with van der Waals surface area (Å²) in [5.74, 6) is -1.60. The van der Waals surface area contributed by atoms with Gasteiger partial charge in [0.2, 0.25) is 5.91 Å². The lowest BCUT2D eigenvalue weighted by Crippen LogP contribution is -2.51. The van der Waals surface area contributed by atoms with E-state index in [0.29, 0.717) is 16.8 Å². The molecule has 0 radical (unpaired) electrons. The van der Waals surface area contributed by atoms with Crippen LogP contribution in [-0.4, -0.2) is 29.6 Å². The van der Waals surface area contributed by atoms with Gasteiger partial charge in [-0.25, -0.2) is 0 Å². The van der Waals surface area contributed by atoms with Gasteiger partial charge in [0.25, 0.3) is 0 Å². The van der Waals surface area contributed by atoms with E-state index in [9.17, 15) is 14.4 Å². The van der Waals surface area contributed by atoms with Crippen LogP contribution in [0.1, 0.15) is 31.8 Å².